The Balaban J connectivity index is 2.47. The van der Waals surface area contributed by atoms with E-state index in [-0.39, 0.29) is 18.1 Å². The molecule has 0 unspecified atom stereocenters. The second kappa shape index (κ2) is 4.55. The van der Waals surface area contributed by atoms with Gasteiger partial charge < -0.3 is 14.7 Å². The molecule has 0 saturated carbocycles. The summed E-state index contributed by atoms with van der Waals surface area (Å²) in [6.07, 6.45) is 0. The van der Waals surface area contributed by atoms with E-state index in [1.165, 1.54) is 4.90 Å². The van der Waals surface area contributed by atoms with Crippen LogP contribution in [0.3, 0.4) is 0 Å². The number of carbonyl (C=O) groups is 2. The predicted molar refractivity (Wildman–Crippen MR) is 61.3 cm³/mol. The Labute approximate surface area is 98.6 Å². The van der Waals surface area contributed by atoms with Gasteiger partial charge in [0.15, 0.2) is 0 Å². The largest absolute Gasteiger partial charge is 0.478 e. The molecule has 1 N–H and O–H groups in total. The highest BCUT2D eigenvalue weighted by molar-refractivity contribution is 6.03. The molecule has 0 spiro atoms. The second-order valence-electron chi connectivity index (χ2n) is 3.87. The zero-order valence-electron chi connectivity index (χ0n) is 9.47. The van der Waals surface area contributed by atoms with Crippen LogP contribution in [0, 0.1) is 6.92 Å². The molecule has 17 heavy (non-hydrogen) atoms. The number of morpholine rings is 1. The van der Waals surface area contributed by atoms with Crippen LogP contribution in [0.5, 0.6) is 0 Å². The van der Waals surface area contributed by atoms with Crippen LogP contribution >= 0.6 is 0 Å². The van der Waals surface area contributed by atoms with Gasteiger partial charge >= 0.3 is 5.97 Å². The van der Waals surface area contributed by atoms with Gasteiger partial charge in [-0.15, -0.1) is 0 Å². The van der Waals surface area contributed by atoms with Crippen molar-refractivity contribution in [2.45, 2.75) is 6.92 Å². The molecule has 5 heteroatoms. The van der Waals surface area contributed by atoms with E-state index < -0.39 is 5.97 Å². The molecule has 1 aliphatic heterocycles. The molecule has 0 aliphatic carbocycles. The van der Waals surface area contributed by atoms with E-state index in [0.717, 1.165) is 0 Å². The number of nitrogens with zero attached hydrogens (tertiary/aromatic N) is 1. The van der Waals surface area contributed by atoms with Crippen molar-refractivity contribution in [2.75, 3.05) is 24.7 Å². The monoisotopic (exact) mass is 235 g/mol. The lowest BCUT2D eigenvalue weighted by molar-refractivity contribution is -0.125. The quantitative estimate of drug-likeness (QED) is 0.832. The van der Waals surface area contributed by atoms with Crippen LogP contribution < -0.4 is 4.90 Å². The summed E-state index contributed by atoms with van der Waals surface area (Å²) in [7, 11) is 0. The predicted octanol–water partition coefficient (Wildman–Crippen LogP) is 1.06. The van der Waals surface area contributed by atoms with E-state index in [0.29, 0.717) is 24.4 Å². The zero-order chi connectivity index (χ0) is 12.4. The van der Waals surface area contributed by atoms with Crippen molar-refractivity contribution in [3.05, 3.63) is 29.3 Å². The molecule has 0 bridgehead atoms. The van der Waals surface area contributed by atoms with Gasteiger partial charge in [0.2, 0.25) is 0 Å². The molecule has 1 aliphatic rings. The third-order valence-electron chi connectivity index (χ3n) is 2.74. The molecule has 0 atom stereocenters. The number of carboxylic acids is 1. The van der Waals surface area contributed by atoms with Crippen molar-refractivity contribution < 1.29 is 19.4 Å². The van der Waals surface area contributed by atoms with Crippen LogP contribution in [-0.4, -0.2) is 36.7 Å². The van der Waals surface area contributed by atoms with E-state index >= 15 is 0 Å². The van der Waals surface area contributed by atoms with E-state index in [4.69, 9.17) is 4.74 Å². The molecular weight excluding hydrogens is 222 g/mol. The number of aromatic carboxylic acids is 1. The van der Waals surface area contributed by atoms with Gasteiger partial charge in [0, 0.05) is 6.54 Å². The number of carboxylic acid groups (broad SMARTS) is 1. The van der Waals surface area contributed by atoms with Gasteiger partial charge in [-0.3, -0.25) is 4.79 Å². The Morgan fingerprint density at radius 3 is 2.88 bits per heavy atom. The maximum absolute atomic E-state index is 11.7. The molecule has 5 nitrogen and oxygen atoms in total. The van der Waals surface area contributed by atoms with Crippen LogP contribution in [-0.2, 0) is 9.53 Å². The first kappa shape index (κ1) is 11.6. The van der Waals surface area contributed by atoms with Crippen LogP contribution in [0.15, 0.2) is 18.2 Å². The highest BCUT2D eigenvalue weighted by Crippen LogP contribution is 2.25. The highest BCUT2D eigenvalue weighted by Gasteiger charge is 2.25. The van der Waals surface area contributed by atoms with Gasteiger partial charge in [0.05, 0.1) is 17.9 Å². The number of hydrogen-bond acceptors (Lipinski definition) is 3. The average Bonchev–Trinajstić information content (AvgIpc) is 2.28. The van der Waals surface area contributed by atoms with Crippen molar-refractivity contribution in [1.29, 1.82) is 0 Å². The summed E-state index contributed by atoms with van der Waals surface area (Å²) in [5.41, 5.74) is 1.28. The van der Waals surface area contributed by atoms with Crippen molar-refractivity contribution in [2.24, 2.45) is 0 Å². The minimum Gasteiger partial charge on any atom is -0.478 e. The number of anilines is 1. The van der Waals surface area contributed by atoms with Gasteiger partial charge in [-0.2, -0.15) is 0 Å². The van der Waals surface area contributed by atoms with Crippen molar-refractivity contribution in [1.82, 2.24) is 0 Å². The summed E-state index contributed by atoms with van der Waals surface area (Å²) in [5, 5.41) is 9.19. The highest BCUT2D eigenvalue weighted by atomic mass is 16.5. The second-order valence-corrected chi connectivity index (χ2v) is 3.87. The lowest BCUT2D eigenvalue weighted by Gasteiger charge is -2.28. The Morgan fingerprint density at radius 1 is 1.47 bits per heavy atom. The lowest BCUT2D eigenvalue weighted by Crippen LogP contribution is -2.42. The third-order valence-corrected chi connectivity index (χ3v) is 2.74. The SMILES string of the molecule is Cc1cccc(N2CCOCC2=O)c1C(=O)O. The molecule has 0 radical (unpaired) electrons. The third kappa shape index (κ3) is 2.14. The average molecular weight is 235 g/mol. The molecule has 1 amide bonds. The number of hydrogen-bond donors (Lipinski definition) is 1. The lowest BCUT2D eigenvalue weighted by atomic mass is 10.1. The fraction of sp³-hybridized carbons (Fsp3) is 0.333. The Bertz CT molecular complexity index is 470. The first-order chi connectivity index (χ1) is 8.11. The molecule has 90 valence electrons. The molecular formula is C12H13NO4. The number of ether oxygens (including phenoxy) is 1. The van der Waals surface area contributed by atoms with Crippen LogP contribution in [0.25, 0.3) is 0 Å². The zero-order valence-corrected chi connectivity index (χ0v) is 9.47. The van der Waals surface area contributed by atoms with Crippen molar-refractivity contribution in [3.63, 3.8) is 0 Å². The van der Waals surface area contributed by atoms with Crippen LogP contribution in [0.2, 0.25) is 0 Å². The minimum atomic E-state index is -1.02. The summed E-state index contributed by atoms with van der Waals surface area (Å²) in [4.78, 5) is 24.4. The molecule has 1 heterocycles. The van der Waals surface area contributed by atoms with Gasteiger partial charge in [-0.1, -0.05) is 12.1 Å². The summed E-state index contributed by atoms with van der Waals surface area (Å²) in [5.74, 6) is -1.22. The smallest absolute Gasteiger partial charge is 0.338 e. The van der Waals surface area contributed by atoms with E-state index in [9.17, 15) is 14.7 Å². The van der Waals surface area contributed by atoms with Crippen LogP contribution in [0.1, 0.15) is 15.9 Å². The Morgan fingerprint density at radius 2 is 2.24 bits per heavy atom. The number of rotatable bonds is 2. The topological polar surface area (TPSA) is 66.8 Å². The molecule has 1 fully saturated rings. The van der Waals surface area contributed by atoms with E-state index in [2.05, 4.69) is 0 Å². The molecule has 1 saturated heterocycles. The van der Waals surface area contributed by atoms with Gasteiger partial charge in [-0.25, -0.2) is 4.79 Å². The Kier molecular flexibility index (Phi) is 3.10. The van der Waals surface area contributed by atoms with E-state index in [1.54, 1.807) is 25.1 Å². The number of amides is 1. The summed E-state index contributed by atoms with van der Waals surface area (Å²) < 4.78 is 5.03. The molecule has 0 aromatic heterocycles. The van der Waals surface area contributed by atoms with E-state index in [1.807, 2.05) is 0 Å². The minimum absolute atomic E-state index is 0.00695. The summed E-state index contributed by atoms with van der Waals surface area (Å²) in [6.45, 7) is 2.55. The molecule has 2 rings (SSSR count). The maximum Gasteiger partial charge on any atom is 0.338 e. The normalized spacial score (nSPS) is 16.1. The first-order valence-electron chi connectivity index (χ1n) is 5.32. The van der Waals surface area contributed by atoms with Crippen molar-refractivity contribution >= 4 is 17.6 Å². The van der Waals surface area contributed by atoms with Gasteiger partial charge in [0.1, 0.15) is 6.61 Å². The van der Waals surface area contributed by atoms with Gasteiger partial charge in [-0.05, 0) is 18.6 Å². The summed E-state index contributed by atoms with van der Waals surface area (Å²) >= 11 is 0. The van der Waals surface area contributed by atoms with Gasteiger partial charge in [0.25, 0.3) is 5.91 Å². The summed E-state index contributed by atoms with van der Waals surface area (Å²) in [6, 6.07) is 5.12. The Hall–Kier alpha value is -1.88. The van der Waals surface area contributed by atoms with Crippen LogP contribution in [0.4, 0.5) is 5.69 Å². The first-order valence-corrected chi connectivity index (χ1v) is 5.32. The molecule has 1 aromatic rings. The number of aryl methyl sites for hydroxylation is 1. The molecule has 1 aromatic carbocycles. The van der Waals surface area contributed by atoms with Crippen molar-refractivity contribution in [3.8, 4) is 0 Å². The fourth-order valence-electron chi connectivity index (χ4n) is 1.93. The number of carbonyl (C=O) groups excluding carboxylic acids is 1. The maximum atomic E-state index is 11.7. The standard InChI is InChI=1S/C12H13NO4/c1-8-3-2-4-9(11(8)12(15)16)13-5-6-17-7-10(13)14/h2-4H,5-7H2,1H3,(H,15,16). The fourth-order valence-corrected chi connectivity index (χ4v) is 1.93. The number of benzene rings is 1.